The van der Waals surface area contributed by atoms with E-state index in [0.29, 0.717) is 5.69 Å². The summed E-state index contributed by atoms with van der Waals surface area (Å²) in [5, 5.41) is 8.47. The highest BCUT2D eigenvalue weighted by molar-refractivity contribution is 7.99. The summed E-state index contributed by atoms with van der Waals surface area (Å²) in [5.74, 6) is -1.46. The average molecular weight is 260 g/mol. The van der Waals surface area contributed by atoms with Crippen LogP contribution in [-0.2, 0) is 15.3 Å². The number of carboxylic acid groups (broad SMARTS) is 1. The monoisotopic (exact) mass is 260 g/mol. The quantitative estimate of drug-likeness (QED) is 0.630. The first kappa shape index (κ1) is 13.4. The van der Waals surface area contributed by atoms with Crippen LogP contribution in [0.1, 0.15) is 23.1 Å². The van der Waals surface area contributed by atoms with Gasteiger partial charge in [-0.3, -0.25) is 9.78 Å². The van der Waals surface area contributed by atoms with Crippen molar-refractivity contribution >= 4 is 23.7 Å². The molecule has 0 aliphatic carbocycles. The summed E-state index contributed by atoms with van der Waals surface area (Å²) >= 11 is 1.08. The van der Waals surface area contributed by atoms with Crippen LogP contribution in [0.3, 0.4) is 0 Å². The molecule has 8 heteroatoms. The van der Waals surface area contributed by atoms with Gasteiger partial charge in [-0.1, -0.05) is 0 Å². The smallest absolute Gasteiger partial charge is 0.356 e. The maximum Gasteiger partial charge on any atom is 0.356 e. The number of carbonyl (C=O) groups is 2. The fraction of sp³-hybridized carbons (Fsp3) is 0.444. The van der Waals surface area contributed by atoms with Crippen molar-refractivity contribution in [3.63, 3.8) is 0 Å². The lowest BCUT2D eigenvalue weighted by molar-refractivity contribution is -0.133. The van der Waals surface area contributed by atoms with Crippen molar-refractivity contribution in [1.82, 2.24) is 9.97 Å². The third kappa shape index (κ3) is 3.99. The molecule has 0 amide bonds. The van der Waals surface area contributed by atoms with E-state index >= 15 is 0 Å². The van der Waals surface area contributed by atoms with Crippen LogP contribution in [-0.4, -0.2) is 39.4 Å². The molecule has 0 unspecified atom stereocenters. The van der Waals surface area contributed by atoms with Crippen molar-refractivity contribution in [2.24, 2.45) is 0 Å². The van der Waals surface area contributed by atoms with Gasteiger partial charge in [-0.05, 0) is 6.92 Å². The second-order valence-electron chi connectivity index (χ2n) is 3.04. The number of aromatic nitrogens is 2. The number of nitrogens with one attached hydrogen (secondary N) is 2. The van der Waals surface area contributed by atoms with E-state index in [9.17, 15) is 14.4 Å². The van der Waals surface area contributed by atoms with Crippen molar-refractivity contribution in [3.8, 4) is 0 Å². The molecule has 0 aliphatic heterocycles. The molecule has 0 spiro atoms. The number of hydrogen-bond acceptors (Lipinski definition) is 5. The molecule has 0 fully saturated rings. The molecule has 1 aromatic heterocycles. The van der Waals surface area contributed by atoms with E-state index in [4.69, 9.17) is 9.84 Å². The van der Waals surface area contributed by atoms with Crippen LogP contribution >= 0.6 is 11.8 Å². The summed E-state index contributed by atoms with van der Waals surface area (Å²) < 4.78 is 4.75. The van der Waals surface area contributed by atoms with Crippen molar-refractivity contribution in [2.45, 2.75) is 12.7 Å². The zero-order valence-corrected chi connectivity index (χ0v) is 9.93. The average Bonchev–Trinajstić information content (AvgIpc) is 2.59. The Hall–Kier alpha value is -1.70. The van der Waals surface area contributed by atoms with Crippen LogP contribution in [0.4, 0.5) is 0 Å². The molecule has 0 aliphatic rings. The maximum absolute atomic E-state index is 11.4. The minimum absolute atomic E-state index is 0.0507. The molecule has 0 radical (unpaired) electrons. The molecule has 17 heavy (non-hydrogen) atoms. The second kappa shape index (κ2) is 6.14. The van der Waals surface area contributed by atoms with E-state index in [2.05, 4.69) is 9.97 Å². The second-order valence-corrected chi connectivity index (χ2v) is 4.03. The molecule has 1 aromatic rings. The van der Waals surface area contributed by atoms with E-state index in [0.717, 1.165) is 11.8 Å². The first-order chi connectivity index (χ1) is 8.04. The minimum atomic E-state index is -0.953. The van der Waals surface area contributed by atoms with Gasteiger partial charge in [0.15, 0.2) is 0 Å². The first-order valence-corrected chi connectivity index (χ1v) is 5.98. The van der Waals surface area contributed by atoms with Crippen LogP contribution in [0.25, 0.3) is 0 Å². The van der Waals surface area contributed by atoms with E-state index in [-0.39, 0.29) is 23.8 Å². The number of rotatable bonds is 6. The Kier molecular flexibility index (Phi) is 4.83. The normalized spacial score (nSPS) is 10.2. The number of ether oxygens (including phenoxy) is 1. The number of aliphatic carboxylic acids is 1. The van der Waals surface area contributed by atoms with E-state index < -0.39 is 17.6 Å². The molecule has 7 nitrogen and oxygen atoms in total. The summed E-state index contributed by atoms with van der Waals surface area (Å²) in [7, 11) is 0. The van der Waals surface area contributed by atoms with Gasteiger partial charge in [-0.25, -0.2) is 9.59 Å². The number of imidazole rings is 1. The van der Waals surface area contributed by atoms with Gasteiger partial charge in [0.05, 0.1) is 18.1 Å². The Bertz CT molecular complexity index is 464. The molecular formula is C9H12N2O5S. The topological polar surface area (TPSA) is 112 Å². The molecule has 0 atom stereocenters. The maximum atomic E-state index is 11.4. The lowest BCUT2D eigenvalue weighted by Crippen LogP contribution is -2.09. The summed E-state index contributed by atoms with van der Waals surface area (Å²) in [4.78, 5) is 37.6. The third-order valence-electron chi connectivity index (χ3n) is 1.76. The van der Waals surface area contributed by atoms with Gasteiger partial charge in [0.25, 0.3) is 0 Å². The van der Waals surface area contributed by atoms with Crippen LogP contribution in [0.2, 0.25) is 0 Å². The predicted octanol–water partition coefficient (Wildman–Crippen LogP) is 0.197. The number of hydrogen-bond donors (Lipinski definition) is 3. The van der Waals surface area contributed by atoms with Crippen LogP contribution < -0.4 is 5.69 Å². The highest BCUT2D eigenvalue weighted by Gasteiger charge is 2.16. The van der Waals surface area contributed by atoms with Gasteiger partial charge in [0.2, 0.25) is 0 Å². The van der Waals surface area contributed by atoms with Gasteiger partial charge < -0.3 is 14.8 Å². The standard InChI is InChI=1S/C9H12N2O5S/c1-2-16-8(14)7-5(10-9(15)11-7)3-17-4-6(12)13/h2-4H2,1H3,(H,12,13)(H2,10,11,15). The molecule has 3 N–H and O–H groups in total. The third-order valence-corrected chi connectivity index (χ3v) is 2.70. The first-order valence-electron chi connectivity index (χ1n) is 4.82. The molecular weight excluding hydrogens is 248 g/mol. The van der Waals surface area contributed by atoms with Crippen molar-refractivity contribution < 1.29 is 19.4 Å². The van der Waals surface area contributed by atoms with Crippen LogP contribution in [0, 0.1) is 0 Å². The highest BCUT2D eigenvalue weighted by Crippen LogP contribution is 2.12. The summed E-state index contributed by atoms with van der Waals surface area (Å²) in [6.07, 6.45) is 0. The largest absolute Gasteiger partial charge is 0.481 e. The van der Waals surface area contributed by atoms with Crippen LogP contribution in [0.15, 0.2) is 4.79 Å². The molecule has 0 saturated carbocycles. The lowest BCUT2D eigenvalue weighted by atomic mass is 10.3. The Morgan fingerprint density at radius 3 is 2.71 bits per heavy atom. The fourth-order valence-corrected chi connectivity index (χ4v) is 1.84. The molecule has 94 valence electrons. The number of carbonyl (C=O) groups excluding carboxylic acids is 1. The number of thioether (sulfide) groups is 1. The number of esters is 1. The zero-order chi connectivity index (χ0) is 12.8. The Balaban J connectivity index is 2.73. The number of aromatic amines is 2. The Morgan fingerprint density at radius 2 is 2.12 bits per heavy atom. The summed E-state index contributed by atoms with van der Waals surface area (Å²) in [6, 6.07) is 0. The van der Waals surface area contributed by atoms with Crippen LogP contribution in [0.5, 0.6) is 0 Å². The van der Waals surface area contributed by atoms with Gasteiger partial charge in [-0.2, -0.15) is 0 Å². The molecule has 0 bridgehead atoms. The summed E-state index contributed by atoms with van der Waals surface area (Å²) in [6.45, 7) is 1.86. The minimum Gasteiger partial charge on any atom is -0.481 e. The van der Waals surface area contributed by atoms with E-state index in [1.807, 2.05) is 0 Å². The lowest BCUT2D eigenvalue weighted by Gasteiger charge is -2.01. The Labute approximate surface area is 101 Å². The van der Waals surface area contributed by atoms with E-state index in [1.165, 1.54) is 0 Å². The molecule has 1 rings (SSSR count). The Morgan fingerprint density at radius 1 is 1.41 bits per heavy atom. The van der Waals surface area contributed by atoms with Gasteiger partial charge in [0.1, 0.15) is 5.69 Å². The van der Waals surface area contributed by atoms with Gasteiger partial charge in [0, 0.05) is 5.75 Å². The van der Waals surface area contributed by atoms with Crippen molar-refractivity contribution in [1.29, 1.82) is 0 Å². The van der Waals surface area contributed by atoms with Gasteiger partial charge in [-0.15, -0.1) is 11.8 Å². The summed E-state index contributed by atoms with van der Waals surface area (Å²) in [5.41, 5.74) is -0.117. The molecule has 0 saturated heterocycles. The zero-order valence-electron chi connectivity index (χ0n) is 9.11. The number of carboxylic acids is 1. The van der Waals surface area contributed by atoms with Crippen molar-refractivity contribution in [2.75, 3.05) is 12.4 Å². The van der Waals surface area contributed by atoms with Crippen molar-refractivity contribution in [3.05, 3.63) is 21.9 Å². The fourth-order valence-electron chi connectivity index (χ4n) is 1.15. The SMILES string of the molecule is CCOC(=O)c1[nH]c(=O)[nH]c1CSCC(=O)O. The van der Waals surface area contributed by atoms with Gasteiger partial charge >= 0.3 is 17.6 Å². The molecule has 1 heterocycles. The van der Waals surface area contributed by atoms with E-state index in [1.54, 1.807) is 6.92 Å². The highest BCUT2D eigenvalue weighted by atomic mass is 32.2. The number of H-pyrrole nitrogens is 2. The molecule has 0 aromatic carbocycles. The predicted molar refractivity (Wildman–Crippen MR) is 61.2 cm³/mol.